The van der Waals surface area contributed by atoms with Gasteiger partial charge in [0.25, 0.3) is 0 Å². The molecule has 2 aromatic rings. The highest BCUT2D eigenvalue weighted by Gasteiger charge is 2.22. The van der Waals surface area contributed by atoms with Gasteiger partial charge in [0.15, 0.2) is 3.95 Å². The number of hydrogen-bond donors (Lipinski definition) is 0. The molecule has 0 saturated carbocycles. The van der Waals surface area contributed by atoms with E-state index in [1.54, 1.807) is 11.3 Å². The molecule has 0 amide bonds. The summed E-state index contributed by atoms with van der Waals surface area (Å²) in [6.45, 7) is 9.65. The van der Waals surface area contributed by atoms with Gasteiger partial charge in [0.05, 0.1) is 35.7 Å². The lowest BCUT2D eigenvalue weighted by molar-refractivity contribution is -0.0761. The van der Waals surface area contributed by atoms with E-state index in [1.807, 2.05) is 13.0 Å². The largest absolute Gasteiger partial charge is 0.494 e. The van der Waals surface area contributed by atoms with Crippen LogP contribution in [0.25, 0.3) is 10.2 Å². The van der Waals surface area contributed by atoms with Crippen LogP contribution in [0.1, 0.15) is 20.8 Å². The molecule has 3 rings (SSSR count). The smallest absolute Gasteiger partial charge is 0.163 e. The van der Waals surface area contributed by atoms with Crippen molar-refractivity contribution in [1.29, 1.82) is 0 Å². The van der Waals surface area contributed by atoms with Crippen LogP contribution in [-0.2, 0) is 11.4 Å². The van der Waals surface area contributed by atoms with E-state index < -0.39 is 0 Å². The molecule has 0 unspecified atom stereocenters. The van der Waals surface area contributed by atoms with E-state index in [0.29, 0.717) is 6.61 Å². The Balaban J connectivity index is 1.87. The zero-order valence-corrected chi connectivity index (χ0v) is 14.9. The molecule has 1 saturated heterocycles. The molecule has 4 nitrogen and oxygen atoms in total. The van der Waals surface area contributed by atoms with Gasteiger partial charge in [-0.15, -0.1) is 11.3 Å². The number of nitrogens with zero attached hydrogens (tertiary/aromatic N) is 2. The predicted octanol–water partition coefficient (Wildman–Crippen LogP) is 3.90. The van der Waals surface area contributed by atoms with Crippen LogP contribution in [0.5, 0.6) is 5.75 Å². The monoisotopic (exact) mass is 338 g/mol. The Morgan fingerprint density at radius 2 is 2.05 bits per heavy atom. The molecule has 2 atom stereocenters. The molecule has 120 valence electrons. The van der Waals surface area contributed by atoms with Gasteiger partial charge >= 0.3 is 0 Å². The van der Waals surface area contributed by atoms with Gasteiger partial charge in [0.2, 0.25) is 0 Å². The number of aromatic nitrogens is 1. The van der Waals surface area contributed by atoms with E-state index in [-0.39, 0.29) is 12.2 Å². The summed E-state index contributed by atoms with van der Waals surface area (Å²) >= 11 is 7.22. The molecule has 1 aliphatic rings. The highest BCUT2D eigenvalue weighted by molar-refractivity contribution is 7.73. The van der Waals surface area contributed by atoms with Gasteiger partial charge in [-0.25, -0.2) is 0 Å². The topological polar surface area (TPSA) is 26.6 Å². The summed E-state index contributed by atoms with van der Waals surface area (Å²) in [6.07, 6.45) is 0.541. The first-order valence-electron chi connectivity index (χ1n) is 7.71. The number of benzene rings is 1. The Kier molecular flexibility index (Phi) is 4.82. The van der Waals surface area contributed by atoms with Crippen LogP contribution in [0, 0.1) is 3.95 Å². The Hall–Kier alpha value is -0.950. The summed E-state index contributed by atoms with van der Waals surface area (Å²) in [7, 11) is 0. The van der Waals surface area contributed by atoms with Crippen molar-refractivity contribution < 1.29 is 9.47 Å². The molecule has 1 aromatic heterocycles. The molecular weight excluding hydrogens is 316 g/mol. The van der Waals surface area contributed by atoms with E-state index in [0.717, 1.165) is 29.5 Å². The molecule has 0 aliphatic carbocycles. The molecule has 1 fully saturated rings. The molecular formula is C16H22N2O2S2. The van der Waals surface area contributed by atoms with Crippen molar-refractivity contribution in [1.82, 2.24) is 9.47 Å². The molecule has 2 heterocycles. The van der Waals surface area contributed by atoms with Crippen LogP contribution in [0.3, 0.4) is 0 Å². The lowest BCUT2D eigenvalue weighted by Gasteiger charge is -2.35. The first-order valence-corrected chi connectivity index (χ1v) is 8.93. The minimum Gasteiger partial charge on any atom is -0.494 e. The van der Waals surface area contributed by atoms with Crippen molar-refractivity contribution >= 4 is 33.8 Å². The second-order valence-electron chi connectivity index (χ2n) is 5.79. The third-order valence-corrected chi connectivity index (χ3v) is 5.20. The summed E-state index contributed by atoms with van der Waals surface area (Å²) in [5.74, 6) is 0.909. The van der Waals surface area contributed by atoms with E-state index in [4.69, 9.17) is 21.7 Å². The van der Waals surface area contributed by atoms with Gasteiger partial charge in [-0.1, -0.05) is 0 Å². The summed E-state index contributed by atoms with van der Waals surface area (Å²) in [5, 5.41) is 0. The van der Waals surface area contributed by atoms with Crippen LogP contribution in [0.15, 0.2) is 18.2 Å². The zero-order chi connectivity index (χ0) is 15.7. The Labute approximate surface area is 140 Å². The van der Waals surface area contributed by atoms with Gasteiger partial charge in [-0.05, 0) is 51.2 Å². The van der Waals surface area contributed by atoms with E-state index >= 15 is 0 Å². The van der Waals surface area contributed by atoms with Crippen molar-refractivity contribution in [3.8, 4) is 5.75 Å². The molecule has 1 aliphatic heterocycles. The average molecular weight is 338 g/mol. The van der Waals surface area contributed by atoms with Crippen LogP contribution in [0.4, 0.5) is 0 Å². The molecule has 0 bridgehead atoms. The minimum atomic E-state index is 0.271. The number of ether oxygens (including phenoxy) is 2. The van der Waals surface area contributed by atoms with Gasteiger partial charge in [0.1, 0.15) is 5.75 Å². The van der Waals surface area contributed by atoms with E-state index in [9.17, 15) is 0 Å². The predicted molar refractivity (Wildman–Crippen MR) is 93.4 cm³/mol. The van der Waals surface area contributed by atoms with Crippen LogP contribution in [-0.4, -0.2) is 41.4 Å². The maximum atomic E-state index is 5.81. The normalized spacial score (nSPS) is 23.0. The molecule has 1 aromatic carbocycles. The van der Waals surface area contributed by atoms with Crippen molar-refractivity contribution in [2.45, 2.75) is 39.6 Å². The van der Waals surface area contributed by atoms with Crippen molar-refractivity contribution in [3.05, 3.63) is 22.2 Å². The standard InChI is InChI=1S/C16H22N2O2S2/c1-4-19-13-5-6-14-15(7-13)22-16(21)18(14)10-17-8-11(2)20-12(3)9-17/h5-7,11-12H,4,8-10H2,1-3H3/t11-,12-/m0/s1. The lowest BCUT2D eigenvalue weighted by Crippen LogP contribution is -2.45. The SMILES string of the molecule is CCOc1ccc2c(c1)sc(=S)n2CN1C[C@H](C)O[C@@H](C)C1. The summed E-state index contributed by atoms with van der Waals surface area (Å²) in [4.78, 5) is 2.41. The van der Waals surface area contributed by atoms with Crippen LogP contribution in [0.2, 0.25) is 0 Å². The van der Waals surface area contributed by atoms with E-state index in [1.165, 1.54) is 10.2 Å². The number of fused-ring (bicyclic) bond motifs is 1. The number of morpholine rings is 1. The van der Waals surface area contributed by atoms with Crippen molar-refractivity contribution in [2.24, 2.45) is 0 Å². The molecule has 0 N–H and O–H groups in total. The van der Waals surface area contributed by atoms with E-state index in [2.05, 4.69) is 35.4 Å². The highest BCUT2D eigenvalue weighted by Crippen LogP contribution is 2.28. The third-order valence-electron chi connectivity index (χ3n) is 3.79. The summed E-state index contributed by atoms with van der Waals surface area (Å²) in [6, 6.07) is 6.22. The van der Waals surface area contributed by atoms with Crippen LogP contribution >= 0.6 is 23.6 Å². The fourth-order valence-corrected chi connectivity index (χ4v) is 4.37. The fourth-order valence-electron chi connectivity index (χ4n) is 3.04. The van der Waals surface area contributed by atoms with Gasteiger partial charge < -0.3 is 14.0 Å². The maximum Gasteiger partial charge on any atom is 0.163 e. The molecule has 6 heteroatoms. The van der Waals surface area contributed by atoms with Crippen molar-refractivity contribution in [3.63, 3.8) is 0 Å². The van der Waals surface area contributed by atoms with Crippen LogP contribution < -0.4 is 4.74 Å². The van der Waals surface area contributed by atoms with Crippen molar-refractivity contribution in [2.75, 3.05) is 19.7 Å². The minimum absolute atomic E-state index is 0.271. The first-order chi connectivity index (χ1) is 10.6. The Morgan fingerprint density at radius 3 is 2.73 bits per heavy atom. The fraction of sp³-hybridized carbons (Fsp3) is 0.562. The second-order valence-corrected chi connectivity index (χ2v) is 7.47. The maximum absolute atomic E-state index is 5.81. The Bertz CT molecular complexity index is 700. The molecule has 0 radical (unpaired) electrons. The number of thiazole rings is 1. The van der Waals surface area contributed by atoms with Gasteiger partial charge in [-0.2, -0.15) is 0 Å². The first kappa shape index (κ1) is 15.9. The quantitative estimate of drug-likeness (QED) is 0.790. The molecule has 0 spiro atoms. The summed E-state index contributed by atoms with van der Waals surface area (Å²) in [5.41, 5.74) is 1.19. The summed E-state index contributed by atoms with van der Waals surface area (Å²) < 4.78 is 15.7. The second kappa shape index (κ2) is 6.66. The average Bonchev–Trinajstić information content (AvgIpc) is 2.74. The lowest BCUT2D eigenvalue weighted by atomic mass is 10.2. The third kappa shape index (κ3) is 3.35. The van der Waals surface area contributed by atoms with Gasteiger partial charge in [0, 0.05) is 13.1 Å². The van der Waals surface area contributed by atoms with Gasteiger partial charge in [-0.3, -0.25) is 4.90 Å². The molecule has 22 heavy (non-hydrogen) atoms. The highest BCUT2D eigenvalue weighted by atomic mass is 32.1. The Morgan fingerprint density at radius 1 is 1.32 bits per heavy atom. The zero-order valence-electron chi connectivity index (χ0n) is 13.2. The number of hydrogen-bond acceptors (Lipinski definition) is 5. The number of rotatable bonds is 4.